The van der Waals surface area contributed by atoms with Crippen molar-refractivity contribution in [2.24, 2.45) is 0 Å². The Kier molecular flexibility index (Phi) is 10.2. The molecule has 0 saturated carbocycles. The summed E-state index contributed by atoms with van der Waals surface area (Å²) in [6.45, 7) is 5.13. The standard InChI is InChI=1S/C35H46N2O3/c1-39-33-17-18-34(30-10-6-9-28-25-31(38)14-13-29(28)24-30)35(26-33)36-19-7-8-27-11-15-32(16-12-27)40-23-22-37-20-4-2-3-5-21-37/h11-18,25-26,30,36,38H,2-10,19-24H2,1H3. The molecule has 1 atom stereocenters. The maximum absolute atomic E-state index is 9.94. The molecule has 1 aliphatic heterocycles. The van der Waals surface area contributed by atoms with Crippen LogP contribution in [0.4, 0.5) is 5.69 Å². The maximum atomic E-state index is 9.94. The van der Waals surface area contributed by atoms with Gasteiger partial charge in [0.2, 0.25) is 0 Å². The van der Waals surface area contributed by atoms with Gasteiger partial charge in [0.1, 0.15) is 23.9 Å². The molecule has 5 nitrogen and oxygen atoms in total. The fraction of sp³-hybridized carbons (Fsp3) is 0.486. The minimum atomic E-state index is 0.370. The second kappa shape index (κ2) is 14.5. The summed E-state index contributed by atoms with van der Waals surface area (Å²) < 4.78 is 11.6. The Morgan fingerprint density at radius 2 is 1.68 bits per heavy atom. The van der Waals surface area contributed by atoms with E-state index in [0.29, 0.717) is 11.7 Å². The van der Waals surface area contributed by atoms with Gasteiger partial charge in [0, 0.05) is 24.8 Å². The van der Waals surface area contributed by atoms with E-state index in [4.69, 9.17) is 9.47 Å². The lowest BCUT2D eigenvalue weighted by Crippen LogP contribution is -2.29. The normalized spacial score (nSPS) is 17.9. The molecule has 40 heavy (non-hydrogen) atoms. The number of fused-ring (bicyclic) bond motifs is 1. The highest BCUT2D eigenvalue weighted by molar-refractivity contribution is 5.57. The van der Waals surface area contributed by atoms with Crippen molar-refractivity contribution in [3.05, 3.63) is 82.9 Å². The molecule has 1 heterocycles. The van der Waals surface area contributed by atoms with Crippen molar-refractivity contribution in [1.29, 1.82) is 0 Å². The smallest absolute Gasteiger partial charge is 0.120 e. The SMILES string of the molecule is COc1ccc(C2CCCc3cc(O)ccc3C2)c(NCCCc2ccc(OCCN3CCCCCC3)cc2)c1. The molecule has 0 amide bonds. The Bertz CT molecular complexity index is 1200. The molecule has 5 rings (SSSR count). The summed E-state index contributed by atoms with van der Waals surface area (Å²) in [5.74, 6) is 2.68. The van der Waals surface area contributed by atoms with Gasteiger partial charge in [-0.3, -0.25) is 4.90 Å². The van der Waals surface area contributed by atoms with Crippen LogP contribution in [0.5, 0.6) is 17.2 Å². The van der Waals surface area contributed by atoms with Crippen LogP contribution in [-0.4, -0.2) is 49.9 Å². The number of methoxy groups -OCH3 is 1. The van der Waals surface area contributed by atoms with Crippen LogP contribution < -0.4 is 14.8 Å². The van der Waals surface area contributed by atoms with E-state index in [1.807, 2.05) is 12.1 Å². The van der Waals surface area contributed by atoms with E-state index in [-0.39, 0.29) is 0 Å². The van der Waals surface area contributed by atoms with Crippen molar-refractivity contribution in [2.45, 2.75) is 70.1 Å². The molecule has 214 valence electrons. The predicted octanol–water partition coefficient (Wildman–Crippen LogP) is 7.36. The lowest BCUT2D eigenvalue weighted by molar-refractivity contribution is 0.214. The van der Waals surface area contributed by atoms with Crippen molar-refractivity contribution in [3.8, 4) is 17.2 Å². The monoisotopic (exact) mass is 542 g/mol. The van der Waals surface area contributed by atoms with Gasteiger partial charge in [-0.05, 0) is 123 Å². The quantitative estimate of drug-likeness (QED) is 0.196. The van der Waals surface area contributed by atoms with Gasteiger partial charge in [-0.15, -0.1) is 0 Å². The Balaban J connectivity index is 1.12. The summed E-state index contributed by atoms with van der Waals surface area (Å²) in [6.07, 6.45) is 11.8. The first-order valence-electron chi connectivity index (χ1n) is 15.3. The Labute approximate surface area is 240 Å². The zero-order chi connectivity index (χ0) is 27.6. The van der Waals surface area contributed by atoms with E-state index < -0.39 is 0 Å². The first kappa shape index (κ1) is 28.4. The lowest BCUT2D eigenvalue weighted by Gasteiger charge is -2.21. The fourth-order valence-electron chi connectivity index (χ4n) is 6.31. The summed E-state index contributed by atoms with van der Waals surface area (Å²) in [4.78, 5) is 2.54. The molecular weight excluding hydrogens is 496 g/mol. The molecule has 0 radical (unpaired) electrons. The molecule has 1 aliphatic carbocycles. The van der Waals surface area contributed by atoms with Crippen molar-refractivity contribution in [2.75, 3.05) is 45.2 Å². The van der Waals surface area contributed by atoms with Crippen LogP contribution in [0.25, 0.3) is 0 Å². The van der Waals surface area contributed by atoms with Gasteiger partial charge >= 0.3 is 0 Å². The molecule has 1 unspecified atom stereocenters. The molecule has 0 spiro atoms. The molecule has 3 aromatic rings. The third kappa shape index (κ3) is 7.94. The van der Waals surface area contributed by atoms with Crippen molar-refractivity contribution in [3.63, 3.8) is 0 Å². The summed E-state index contributed by atoms with van der Waals surface area (Å²) in [5.41, 5.74) is 6.54. The van der Waals surface area contributed by atoms with Gasteiger partial charge in [-0.25, -0.2) is 0 Å². The van der Waals surface area contributed by atoms with Crippen LogP contribution in [0.3, 0.4) is 0 Å². The van der Waals surface area contributed by atoms with Crippen LogP contribution >= 0.6 is 0 Å². The molecule has 3 aromatic carbocycles. The average molecular weight is 543 g/mol. The second-order valence-electron chi connectivity index (χ2n) is 11.5. The summed E-state index contributed by atoms with van der Waals surface area (Å²) in [6, 6.07) is 21.0. The average Bonchev–Trinajstić information content (AvgIpc) is 3.37. The van der Waals surface area contributed by atoms with Gasteiger partial charge in [0.05, 0.1) is 7.11 Å². The number of ether oxygens (including phenoxy) is 2. The number of aromatic hydroxyl groups is 1. The van der Waals surface area contributed by atoms with Crippen molar-refractivity contribution < 1.29 is 14.6 Å². The van der Waals surface area contributed by atoms with Gasteiger partial charge in [-0.1, -0.05) is 37.1 Å². The van der Waals surface area contributed by atoms with Gasteiger partial charge < -0.3 is 19.9 Å². The molecule has 1 saturated heterocycles. The number of hydrogen-bond donors (Lipinski definition) is 2. The molecular formula is C35H46N2O3. The number of nitrogens with zero attached hydrogens (tertiary/aromatic N) is 1. The van der Waals surface area contributed by atoms with E-state index in [1.165, 1.54) is 66.7 Å². The summed E-state index contributed by atoms with van der Waals surface area (Å²) >= 11 is 0. The fourth-order valence-corrected chi connectivity index (χ4v) is 6.31. The van der Waals surface area contributed by atoms with Gasteiger partial charge in [0.25, 0.3) is 0 Å². The molecule has 5 heteroatoms. The molecule has 0 aromatic heterocycles. The number of rotatable bonds is 11. The second-order valence-corrected chi connectivity index (χ2v) is 11.5. The predicted molar refractivity (Wildman–Crippen MR) is 164 cm³/mol. The Morgan fingerprint density at radius 1 is 0.875 bits per heavy atom. The number of aryl methyl sites for hydroxylation is 2. The third-order valence-corrected chi connectivity index (χ3v) is 8.61. The third-order valence-electron chi connectivity index (χ3n) is 8.61. The van der Waals surface area contributed by atoms with Gasteiger partial charge in [-0.2, -0.15) is 0 Å². The van der Waals surface area contributed by atoms with E-state index in [2.05, 4.69) is 58.7 Å². The number of phenolic OH excluding ortho intramolecular Hbond substituents is 1. The number of phenols is 1. The van der Waals surface area contributed by atoms with Crippen molar-refractivity contribution >= 4 is 5.69 Å². The lowest BCUT2D eigenvalue weighted by atomic mass is 9.88. The topological polar surface area (TPSA) is 54.0 Å². The first-order valence-corrected chi connectivity index (χ1v) is 15.3. The Hall–Kier alpha value is -3.18. The van der Waals surface area contributed by atoms with E-state index in [9.17, 15) is 5.11 Å². The highest BCUT2D eigenvalue weighted by Crippen LogP contribution is 2.37. The van der Waals surface area contributed by atoms with Crippen LogP contribution in [0.1, 0.15) is 73.1 Å². The minimum absolute atomic E-state index is 0.370. The highest BCUT2D eigenvalue weighted by Gasteiger charge is 2.21. The molecule has 1 fully saturated rings. The summed E-state index contributed by atoms with van der Waals surface area (Å²) in [7, 11) is 1.73. The summed E-state index contributed by atoms with van der Waals surface area (Å²) in [5, 5.41) is 13.7. The van der Waals surface area contributed by atoms with E-state index in [1.54, 1.807) is 7.11 Å². The van der Waals surface area contributed by atoms with E-state index in [0.717, 1.165) is 69.7 Å². The number of nitrogens with one attached hydrogen (secondary N) is 1. The van der Waals surface area contributed by atoms with Crippen LogP contribution in [0.2, 0.25) is 0 Å². The van der Waals surface area contributed by atoms with E-state index >= 15 is 0 Å². The number of hydrogen-bond acceptors (Lipinski definition) is 5. The van der Waals surface area contributed by atoms with Crippen LogP contribution in [0, 0.1) is 0 Å². The maximum Gasteiger partial charge on any atom is 0.120 e. The number of anilines is 1. The Morgan fingerprint density at radius 3 is 2.48 bits per heavy atom. The van der Waals surface area contributed by atoms with Crippen LogP contribution in [-0.2, 0) is 19.3 Å². The van der Waals surface area contributed by atoms with Gasteiger partial charge in [0.15, 0.2) is 0 Å². The van der Waals surface area contributed by atoms with Crippen molar-refractivity contribution in [1.82, 2.24) is 4.90 Å². The molecule has 2 N–H and O–H groups in total. The minimum Gasteiger partial charge on any atom is -0.508 e. The largest absolute Gasteiger partial charge is 0.508 e. The first-order chi connectivity index (χ1) is 19.7. The highest BCUT2D eigenvalue weighted by atomic mass is 16.5. The number of benzene rings is 3. The zero-order valence-corrected chi connectivity index (χ0v) is 24.2. The van der Waals surface area contributed by atoms with Crippen LogP contribution in [0.15, 0.2) is 60.7 Å². The number of likely N-dealkylation sites (tertiary alicyclic amines) is 1. The molecule has 0 bridgehead atoms. The zero-order valence-electron chi connectivity index (χ0n) is 24.2. The molecule has 2 aliphatic rings.